The monoisotopic (exact) mass is 478 g/mol. The molecular weight excluding hydrogens is 448 g/mol. The molecule has 184 valence electrons. The Morgan fingerprint density at radius 1 is 0.943 bits per heavy atom. The SMILES string of the molecule is CC1(CCc2ccccc2)NC(=O)N(NC(=O)CN2CCN(C(=O)Nc3ccccc3)CC2)C1=O. The lowest BCUT2D eigenvalue weighted by Gasteiger charge is -2.34. The zero-order chi connectivity index (χ0) is 24.8. The molecule has 2 aliphatic rings. The van der Waals surface area contributed by atoms with Crippen LogP contribution in [0, 0.1) is 0 Å². The highest BCUT2D eigenvalue weighted by Crippen LogP contribution is 2.22. The van der Waals surface area contributed by atoms with Gasteiger partial charge in [-0.2, -0.15) is 5.01 Å². The third kappa shape index (κ3) is 5.96. The summed E-state index contributed by atoms with van der Waals surface area (Å²) in [5.41, 5.74) is 3.15. The summed E-state index contributed by atoms with van der Waals surface area (Å²) in [6, 6.07) is 18.1. The minimum Gasteiger partial charge on any atom is -0.322 e. The normalized spacial score (nSPS) is 20.5. The molecule has 2 aromatic rings. The Morgan fingerprint density at radius 3 is 2.23 bits per heavy atom. The second kappa shape index (κ2) is 10.6. The van der Waals surface area contributed by atoms with E-state index in [1.165, 1.54) is 0 Å². The molecule has 35 heavy (non-hydrogen) atoms. The largest absolute Gasteiger partial charge is 0.344 e. The molecule has 0 aromatic heterocycles. The number of amides is 6. The standard InChI is InChI=1S/C25H30N6O4/c1-25(13-12-19-8-4-2-5-9-19)22(33)31(24(35)27-25)28-21(32)18-29-14-16-30(17-15-29)23(34)26-20-10-6-3-7-11-20/h2-11H,12-18H2,1H3,(H,26,34)(H,27,35)(H,28,32). The topological polar surface area (TPSA) is 114 Å². The van der Waals surface area contributed by atoms with Crippen molar-refractivity contribution in [2.45, 2.75) is 25.3 Å². The highest BCUT2D eigenvalue weighted by Gasteiger charge is 2.48. The molecule has 2 fully saturated rings. The molecule has 0 radical (unpaired) electrons. The van der Waals surface area contributed by atoms with Gasteiger partial charge in [0.1, 0.15) is 5.54 Å². The molecule has 0 aliphatic carbocycles. The van der Waals surface area contributed by atoms with E-state index in [0.29, 0.717) is 39.0 Å². The smallest absolute Gasteiger partial charge is 0.322 e. The van der Waals surface area contributed by atoms with Crippen LogP contribution in [0.2, 0.25) is 0 Å². The van der Waals surface area contributed by atoms with Crippen molar-refractivity contribution in [2.75, 3.05) is 38.0 Å². The fraction of sp³-hybridized carbons (Fsp3) is 0.360. The molecule has 0 saturated carbocycles. The van der Waals surface area contributed by atoms with Gasteiger partial charge in [-0.25, -0.2) is 9.59 Å². The molecule has 6 amide bonds. The highest BCUT2D eigenvalue weighted by molar-refractivity contribution is 6.07. The predicted octanol–water partition coefficient (Wildman–Crippen LogP) is 1.81. The third-order valence-corrected chi connectivity index (χ3v) is 6.31. The van der Waals surface area contributed by atoms with Gasteiger partial charge in [0.15, 0.2) is 0 Å². The lowest BCUT2D eigenvalue weighted by atomic mass is 9.93. The second-order valence-corrected chi connectivity index (χ2v) is 8.98. The quantitative estimate of drug-likeness (QED) is 0.525. The molecule has 0 spiro atoms. The van der Waals surface area contributed by atoms with Gasteiger partial charge in [-0.3, -0.25) is 19.9 Å². The summed E-state index contributed by atoms with van der Waals surface area (Å²) in [4.78, 5) is 53.9. The molecule has 2 heterocycles. The van der Waals surface area contributed by atoms with Crippen LogP contribution in [0.1, 0.15) is 18.9 Å². The van der Waals surface area contributed by atoms with Crippen LogP contribution in [-0.2, 0) is 16.0 Å². The molecule has 2 aromatic carbocycles. The van der Waals surface area contributed by atoms with E-state index < -0.39 is 23.4 Å². The van der Waals surface area contributed by atoms with Gasteiger partial charge in [0, 0.05) is 31.9 Å². The van der Waals surface area contributed by atoms with Gasteiger partial charge in [-0.15, -0.1) is 0 Å². The molecule has 10 nitrogen and oxygen atoms in total. The number of aryl methyl sites for hydroxylation is 1. The molecule has 1 atom stereocenters. The number of hydrazine groups is 1. The number of anilines is 1. The summed E-state index contributed by atoms with van der Waals surface area (Å²) in [7, 11) is 0. The van der Waals surface area contributed by atoms with Crippen molar-refractivity contribution in [1.82, 2.24) is 25.6 Å². The average molecular weight is 479 g/mol. The maximum atomic E-state index is 12.9. The van der Waals surface area contributed by atoms with E-state index in [9.17, 15) is 19.2 Å². The number of rotatable bonds is 7. The number of nitrogens with zero attached hydrogens (tertiary/aromatic N) is 3. The molecule has 1 unspecified atom stereocenters. The first kappa shape index (κ1) is 24.2. The molecular formula is C25H30N6O4. The molecule has 0 bridgehead atoms. The van der Waals surface area contributed by atoms with Gasteiger partial charge < -0.3 is 15.5 Å². The number of hydrogen-bond acceptors (Lipinski definition) is 5. The Hall–Kier alpha value is -3.92. The van der Waals surface area contributed by atoms with Crippen molar-refractivity contribution in [3.05, 3.63) is 66.2 Å². The Kier molecular flexibility index (Phi) is 7.31. The van der Waals surface area contributed by atoms with Crippen LogP contribution in [0.5, 0.6) is 0 Å². The number of para-hydroxylation sites is 1. The summed E-state index contributed by atoms with van der Waals surface area (Å²) >= 11 is 0. The maximum absolute atomic E-state index is 12.9. The summed E-state index contributed by atoms with van der Waals surface area (Å²) in [6.45, 7) is 3.63. The van der Waals surface area contributed by atoms with Gasteiger partial charge in [0.25, 0.3) is 11.8 Å². The Morgan fingerprint density at radius 2 is 1.57 bits per heavy atom. The number of carbonyl (C=O) groups is 4. The van der Waals surface area contributed by atoms with E-state index in [1.807, 2.05) is 65.6 Å². The fourth-order valence-corrected chi connectivity index (χ4v) is 4.19. The van der Waals surface area contributed by atoms with Crippen LogP contribution < -0.4 is 16.1 Å². The second-order valence-electron chi connectivity index (χ2n) is 8.98. The Balaban J connectivity index is 1.23. The lowest BCUT2D eigenvalue weighted by molar-refractivity contribution is -0.139. The summed E-state index contributed by atoms with van der Waals surface area (Å²) in [6.07, 6.45) is 1.04. The van der Waals surface area contributed by atoms with E-state index in [4.69, 9.17) is 0 Å². The number of hydrogen-bond donors (Lipinski definition) is 3. The van der Waals surface area contributed by atoms with Crippen LogP contribution >= 0.6 is 0 Å². The number of imide groups is 1. The van der Waals surface area contributed by atoms with Gasteiger partial charge in [-0.05, 0) is 37.5 Å². The van der Waals surface area contributed by atoms with Crippen molar-refractivity contribution in [3.8, 4) is 0 Å². The van der Waals surface area contributed by atoms with Crippen LogP contribution in [-0.4, -0.2) is 76.9 Å². The van der Waals surface area contributed by atoms with Crippen LogP contribution in [0.4, 0.5) is 15.3 Å². The number of piperazine rings is 1. The molecule has 2 aliphatic heterocycles. The third-order valence-electron chi connectivity index (χ3n) is 6.31. The van der Waals surface area contributed by atoms with Crippen molar-refractivity contribution in [3.63, 3.8) is 0 Å². The van der Waals surface area contributed by atoms with Gasteiger partial charge >= 0.3 is 12.1 Å². The van der Waals surface area contributed by atoms with Crippen molar-refractivity contribution >= 4 is 29.6 Å². The van der Waals surface area contributed by atoms with E-state index in [2.05, 4.69) is 16.1 Å². The zero-order valence-corrected chi connectivity index (χ0v) is 19.7. The van der Waals surface area contributed by atoms with E-state index in [1.54, 1.807) is 11.8 Å². The first-order valence-electron chi connectivity index (χ1n) is 11.7. The van der Waals surface area contributed by atoms with Crippen LogP contribution in [0.15, 0.2) is 60.7 Å². The minimum absolute atomic E-state index is 0.0198. The molecule has 4 rings (SSSR count). The van der Waals surface area contributed by atoms with E-state index in [-0.39, 0.29) is 12.6 Å². The van der Waals surface area contributed by atoms with Gasteiger partial charge in [0.05, 0.1) is 6.54 Å². The van der Waals surface area contributed by atoms with Crippen LogP contribution in [0.25, 0.3) is 0 Å². The Bertz CT molecular complexity index is 1070. The van der Waals surface area contributed by atoms with E-state index in [0.717, 1.165) is 16.3 Å². The van der Waals surface area contributed by atoms with Gasteiger partial charge in [0.2, 0.25) is 0 Å². The van der Waals surface area contributed by atoms with Crippen LogP contribution in [0.3, 0.4) is 0 Å². The molecule has 3 N–H and O–H groups in total. The summed E-state index contributed by atoms with van der Waals surface area (Å²) in [5, 5.41) is 6.33. The summed E-state index contributed by atoms with van der Waals surface area (Å²) in [5.74, 6) is -0.933. The van der Waals surface area contributed by atoms with Crippen molar-refractivity contribution < 1.29 is 19.2 Å². The lowest BCUT2D eigenvalue weighted by Crippen LogP contribution is -2.55. The first-order chi connectivity index (χ1) is 16.8. The van der Waals surface area contributed by atoms with Crippen molar-refractivity contribution in [2.24, 2.45) is 0 Å². The fourth-order valence-electron chi connectivity index (χ4n) is 4.19. The number of benzene rings is 2. The van der Waals surface area contributed by atoms with Gasteiger partial charge in [-0.1, -0.05) is 48.5 Å². The first-order valence-corrected chi connectivity index (χ1v) is 11.7. The number of carbonyl (C=O) groups excluding carboxylic acids is 4. The number of nitrogens with one attached hydrogen (secondary N) is 3. The number of urea groups is 2. The highest BCUT2D eigenvalue weighted by atomic mass is 16.2. The summed E-state index contributed by atoms with van der Waals surface area (Å²) < 4.78 is 0. The molecule has 10 heteroatoms. The van der Waals surface area contributed by atoms with Crippen molar-refractivity contribution in [1.29, 1.82) is 0 Å². The maximum Gasteiger partial charge on any atom is 0.344 e. The molecule has 2 saturated heterocycles. The average Bonchev–Trinajstić information content (AvgIpc) is 3.07. The minimum atomic E-state index is -1.09. The van der Waals surface area contributed by atoms with E-state index >= 15 is 0 Å². The predicted molar refractivity (Wildman–Crippen MR) is 130 cm³/mol. The Labute approximate surface area is 204 Å². The zero-order valence-electron chi connectivity index (χ0n) is 19.7.